The summed E-state index contributed by atoms with van der Waals surface area (Å²) >= 11 is 3.47. The van der Waals surface area contributed by atoms with E-state index in [0.29, 0.717) is 19.8 Å². The molecule has 5 heteroatoms. The van der Waals surface area contributed by atoms with Crippen molar-refractivity contribution in [1.29, 1.82) is 0 Å². The molecule has 0 amide bonds. The molecular formula is C16H22BrNO3. The zero-order valence-electron chi connectivity index (χ0n) is 12.7. The Bertz CT molecular complexity index is 564. The molecule has 0 aliphatic rings. The summed E-state index contributed by atoms with van der Waals surface area (Å²) in [4.78, 5) is 0. The van der Waals surface area contributed by atoms with E-state index in [2.05, 4.69) is 40.3 Å². The highest BCUT2D eigenvalue weighted by Crippen LogP contribution is 2.26. The van der Waals surface area contributed by atoms with E-state index in [0.717, 1.165) is 21.2 Å². The summed E-state index contributed by atoms with van der Waals surface area (Å²) in [5.41, 5.74) is 0.896. The maximum Gasteiger partial charge on any atom is 0.169 e. The van der Waals surface area contributed by atoms with E-state index in [4.69, 9.17) is 13.9 Å². The molecule has 0 bridgehead atoms. The van der Waals surface area contributed by atoms with Crippen molar-refractivity contribution in [3.8, 4) is 0 Å². The smallest absolute Gasteiger partial charge is 0.169 e. The van der Waals surface area contributed by atoms with Crippen LogP contribution < -0.4 is 5.32 Å². The van der Waals surface area contributed by atoms with Crippen molar-refractivity contribution in [2.24, 2.45) is 0 Å². The molecule has 0 aliphatic carbocycles. The summed E-state index contributed by atoms with van der Waals surface area (Å²) in [6, 6.07) is 8.17. The number of fused-ring (bicyclic) bond motifs is 1. The number of furan rings is 1. The number of hydrogen-bond donors (Lipinski definition) is 1. The van der Waals surface area contributed by atoms with Crippen molar-refractivity contribution in [2.45, 2.75) is 33.1 Å². The van der Waals surface area contributed by atoms with Crippen molar-refractivity contribution >= 4 is 26.9 Å². The minimum absolute atomic E-state index is 0.0968. The molecule has 0 saturated carbocycles. The Kier molecular flexibility index (Phi) is 6.23. The van der Waals surface area contributed by atoms with Crippen LogP contribution >= 0.6 is 15.9 Å². The number of ether oxygens (including phenoxy) is 2. The Balaban J connectivity index is 1.99. The third-order valence-corrected chi connectivity index (χ3v) is 3.71. The molecule has 0 saturated heterocycles. The topological polar surface area (TPSA) is 43.6 Å². The zero-order chi connectivity index (χ0) is 15.2. The number of hydrogen-bond acceptors (Lipinski definition) is 4. The Labute approximate surface area is 133 Å². The third kappa shape index (κ3) is 4.54. The maximum atomic E-state index is 5.87. The molecule has 21 heavy (non-hydrogen) atoms. The predicted molar refractivity (Wildman–Crippen MR) is 87.4 cm³/mol. The number of nitrogens with one attached hydrogen (secondary N) is 1. The zero-order valence-corrected chi connectivity index (χ0v) is 14.3. The molecule has 1 atom stereocenters. The normalized spacial score (nSPS) is 13.2. The highest BCUT2D eigenvalue weighted by molar-refractivity contribution is 9.10. The molecule has 1 aromatic carbocycles. The first kappa shape index (κ1) is 16.5. The highest BCUT2D eigenvalue weighted by atomic mass is 79.9. The fourth-order valence-electron chi connectivity index (χ4n) is 2.16. The second kappa shape index (κ2) is 7.94. The summed E-state index contributed by atoms with van der Waals surface area (Å²) < 4.78 is 18.0. The van der Waals surface area contributed by atoms with Crippen LogP contribution in [0.5, 0.6) is 0 Å². The molecule has 2 aromatic rings. The summed E-state index contributed by atoms with van der Waals surface area (Å²) in [5, 5.41) is 4.49. The second-order valence-electron chi connectivity index (χ2n) is 4.80. The first-order valence-corrected chi connectivity index (χ1v) is 8.09. The van der Waals surface area contributed by atoms with E-state index >= 15 is 0 Å². The van der Waals surface area contributed by atoms with Gasteiger partial charge in [0, 0.05) is 29.6 Å². The molecule has 4 nitrogen and oxygen atoms in total. The highest BCUT2D eigenvalue weighted by Gasteiger charge is 2.14. The van der Waals surface area contributed by atoms with Crippen LogP contribution in [-0.4, -0.2) is 26.0 Å². The number of halogens is 1. The summed E-state index contributed by atoms with van der Waals surface area (Å²) in [5.74, 6) is 0.912. The lowest BCUT2D eigenvalue weighted by molar-refractivity contribution is -0.133. The Morgan fingerprint density at radius 3 is 2.57 bits per heavy atom. The fraction of sp³-hybridized carbons (Fsp3) is 0.500. The molecule has 0 aliphatic heterocycles. The van der Waals surface area contributed by atoms with Crippen LogP contribution in [0.1, 0.15) is 32.6 Å². The molecule has 0 spiro atoms. The van der Waals surface area contributed by atoms with E-state index in [-0.39, 0.29) is 12.3 Å². The molecular weight excluding hydrogens is 334 g/mol. The summed E-state index contributed by atoms with van der Waals surface area (Å²) in [6.45, 7) is 7.91. The fourth-order valence-corrected chi connectivity index (χ4v) is 2.54. The molecule has 116 valence electrons. The van der Waals surface area contributed by atoms with Crippen LogP contribution in [0.3, 0.4) is 0 Å². The second-order valence-corrected chi connectivity index (χ2v) is 5.72. The van der Waals surface area contributed by atoms with Crippen LogP contribution in [0.25, 0.3) is 11.0 Å². The van der Waals surface area contributed by atoms with Crippen molar-refractivity contribution in [3.05, 3.63) is 34.5 Å². The van der Waals surface area contributed by atoms with Gasteiger partial charge in [0.05, 0.1) is 6.04 Å². The van der Waals surface area contributed by atoms with Crippen molar-refractivity contribution < 1.29 is 13.9 Å². The van der Waals surface area contributed by atoms with Gasteiger partial charge >= 0.3 is 0 Å². The van der Waals surface area contributed by atoms with Gasteiger partial charge in [0.2, 0.25) is 0 Å². The summed E-state index contributed by atoms with van der Waals surface area (Å²) in [7, 11) is 0. The van der Waals surface area contributed by atoms with Gasteiger partial charge < -0.3 is 19.2 Å². The lowest BCUT2D eigenvalue weighted by Gasteiger charge is -2.19. The van der Waals surface area contributed by atoms with E-state index in [1.807, 2.05) is 26.0 Å². The first-order chi connectivity index (χ1) is 10.1. The van der Waals surface area contributed by atoms with Crippen LogP contribution in [0.4, 0.5) is 0 Å². The van der Waals surface area contributed by atoms with Gasteiger partial charge in [-0.15, -0.1) is 0 Å². The Hall–Kier alpha value is -0.880. The molecule has 0 fully saturated rings. The van der Waals surface area contributed by atoms with E-state index in [9.17, 15) is 0 Å². The van der Waals surface area contributed by atoms with Crippen molar-refractivity contribution in [1.82, 2.24) is 5.32 Å². The van der Waals surface area contributed by atoms with Crippen LogP contribution in [0.2, 0.25) is 0 Å². The lowest BCUT2D eigenvalue weighted by Crippen LogP contribution is -2.33. The average molecular weight is 356 g/mol. The number of rotatable bonds is 8. The van der Waals surface area contributed by atoms with Crippen LogP contribution in [-0.2, 0) is 9.47 Å². The van der Waals surface area contributed by atoms with Crippen molar-refractivity contribution in [3.63, 3.8) is 0 Å². The van der Waals surface area contributed by atoms with Gasteiger partial charge in [-0.2, -0.15) is 0 Å². The lowest BCUT2D eigenvalue weighted by atomic mass is 10.2. The standard InChI is InChI=1S/C16H22BrNO3/c1-4-19-16(20-5-2)10-18-11(3)15-9-12-8-13(17)6-7-14(12)21-15/h6-9,11,16,18H,4-5,10H2,1-3H3. The molecule has 0 radical (unpaired) electrons. The Morgan fingerprint density at radius 2 is 1.90 bits per heavy atom. The van der Waals surface area contributed by atoms with Gasteiger partial charge in [-0.1, -0.05) is 15.9 Å². The monoisotopic (exact) mass is 355 g/mol. The molecule has 1 unspecified atom stereocenters. The average Bonchev–Trinajstić information content (AvgIpc) is 2.88. The van der Waals surface area contributed by atoms with Gasteiger partial charge in [-0.25, -0.2) is 0 Å². The molecule has 1 heterocycles. The predicted octanol–water partition coefficient (Wildman–Crippen LogP) is 4.25. The van der Waals surface area contributed by atoms with E-state index < -0.39 is 0 Å². The quantitative estimate of drug-likeness (QED) is 0.719. The largest absolute Gasteiger partial charge is 0.459 e. The minimum Gasteiger partial charge on any atom is -0.459 e. The first-order valence-electron chi connectivity index (χ1n) is 7.29. The van der Waals surface area contributed by atoms with Gasteiger partial charge in [0.25, 0.3) is 0 Å². The van der Waals surface area contributed by atoms with Gasteiger partial charge in [0.15, 0.2) is 6.29 Å². The minimum atomic E-state index is -0.221. The van der Waals surface area contributed by atoms with Gasteiger partial charge in [-0.3, -0.25) is 0 Å². The molecule has 1 N–H and O–H groups in total. The molecule has 2 rings (SSSR count). The Morgan fingerprint density at radius 1 is 1.19 bits per heavy atom. The van der Waals surface area contributed by atoms with E-state index in [1.54, 1.807) is 0 Å². The van der Waals surface area contributed by atoms with Crippen LogP contribution in [0, 0.1) is 0 Å². The number of benzene rings is 1. The SMILES string of the molecule is CCOC(CNC(C)c1cc2cc(Br)ccc2o1)OCC. The third-order valence-electron chi connectivity index (χ3n) is 3.22. The van der Waals surface area contributed by atoms with E-state index in [1.165, 1.54) is 0 Å². The maximum absolute atomic E-state index is 5.87. The van der Waals surface area contributed by atoms with Crippen molar-refractivity contribution in [2.75, 3.05) is 19.8 Å². The van der Waals surface area contributed by atoms with Crippen LogP contribution in [0.15, 0.2) is 33.2 Å². The van der Waals surface area contributed by atoms with Gasteiger partial charge in [-0.05, 0) is 45.0 Å². The summed E-state index contributed by atoms with van der Waals surface area (Å²) in [6.07, 6.45) is -0.221. The molecule has 1 aromatic heterocycles. The van der Waals surface area contributed by atoms with Gasteiger partial charge in [0.1, 0.15) is 11.3 Å².